The van der Waals surface area contributed by atoms with E-state index < -0.39 is 0 Å². The second kappa shape index (κ2) is 5.96. The topological polar surface area (TPSA) is 56.3 Å². The molecule has 7 heteroatoms. The maximum absolute atomic E-state index is 5.65. The summed E-state index contributed by atoms with van der Waals surface area (Å²) in [6.45, 7) is 3.09. The van der Waals surface area contributed by atoms with Crippen LogP contribution >= 0.6 is 38.5 Å². The first-order valence-corrected chi connectivity index (χ1v) is 8.28. The Kier molecular flexibility index (Phi) is 4.21. The van der Waals surface area contributed by atoms with Crippen molar-refractivity contribution in [2.24, 2.45) is 0 Å². The molecule has 0 amide bonds. The lowest BCUT2D eigenvalue weighted by Crippen LogP contribution is -2.15. The summed E-state index contributed by atoms with van der Waals surface area (Å²) in [6.07, 6.45) is 0. The molecular formula is C14H13BrIN3O2. The van der Waals surface area contributed by atoms with E-state index in [2.05, 4.69) is 53.8 Å². The standard InChI is InChI=1S/C14H13BrIN3O2/c1-7-11(16)14(17-2)19-13(18-7)8-5-9(15)12-10(6-8)20-3-4-21-12/h5-6H,3-4H2,1-2H3,(H,17,18,19). The molecule has 0 unspecified atom stereocenters. The summed E-state index contributed by atoms with van der Waals surface area (Å²) in [7, 11) is 1.85. The Hall–Kier alpha value is -1.09. The highest BCUT2D eigenvalue weighted by Crippen LogP contribution is 2.40. The van der Waals surface area contributed by atoms with Gasteiger partial charge in [0.2, 0.25) is 0 Å². The minimum atomic E-state index is 0.553. The number of fused-ring (bicyclic) bond motifs is 1. The fourth-order valence-electron chi connectivity index (χ4n) is 2.09. The maximum Gasteiger partial charge on any atom is 0.175 e. The minimum absolute atomic E-state index is 0.553. The largest absolute Gasteiger partial charge is 0.486 e. The van der Waals surface area contributed by atoms with Crippen LogP contribution in [-0.4, -0.2) is 30.2 Å². The van der Waals surface area contributed by atoms with Crippen molar-refractivity contribution >= 4 is 44.3 Å². The van der Waals surface area contributed by atoms with Gasteiger partial charge in [-0.25, -0.2) is 9.97 Å². The van der Waals surface area contributed by atoms with Crippen LogP contribution in [-0.2, 0) is 0 Å². The van der Waals surface area contributed by atoms with E-state index in [1.807, 2.05) is 26.1 Å². The summed E-state index contributed by atoms with van der Waals surface area (Å²) in [5.41, 5.74) is 1.83. The van der Waals surface area contributed by atoms with Gasteiger partial charge in [-0.1, -0.05) is 0 Å². The number of ether oxygens (including phenoxy) is 2. The molecular weight excluding hydrogens is 449 g/mol. The van der Waals surface area contributed by atoms with E-state index >= 15 is 0 Å². The molecule has 1 aliphatic rings. The normalized spacial score (nSPS) is 13.1. The molecule has 0 radical (unpaired) electrons. The number of aromatic nitrogens is 2. The smallest absolute Gasteiger partial charge is 0.175 e. The molecule has 1 aromatic heterocycles. The Bertz CT molecular complexity index is 709. The fraction of sp³-hybridized carbons (Fsp3) is 0.286. The van der Waals surface area contributed by atoms with Crippen LogP contribution in [0.2, 0.25) is 0 Å². The molecule has 0 saturated heterocycles. The van der Waals surface area contributed by atoms with Gasteiger partial charge < -0.3 is 14.8 Å². The molecule has 0 bridgehead atoms. The van der Waals surface area contributed by atoms with Crippen molar-refractivity contribution in [3.05, 3.63) is 25.9 Å². The zero-order valence-electron chi connectivity index (χ0n) is 11.5. The van der Waals surface area contributed by atoms with Crippen LogP contribution in [0.5, 0.6) is 11.5 Å². The van der Waals surface area contributed by atoms with Crippen LogP contribution in [0, 0.1) is 10.5 Å². The van der Waals surface area contributed by atoms with Gasteiger partial charge in [-0.05, 0) is 57.6 Å². The molecule has 0 aliphatic carbocycles. The third-order valence-corrected chi connectivity index (χ3v) is 4.99. The summed E-state index contributed by atoms with van der Waals surface area (Å²) in [5, 5.41) is 3.10. The van der Waals surface area contributed by atoms with Gasteiger partial charge in [-0.15, -0.1) is 0 Å². The number of rotatable bonds is 2. The molecule has 1 aromatic carbocycles. The number of halogens is 2. The molecule has 0 saturated carbocycles. The van der Waals surface area contributed by atoms with E-state index in [1.54, 1.807) is 0 Å². The zero-order valence-corrected chi connectivity index (χ0v) is 15.3. The van der Waals surface area contributed by atoms with Crippen molar-refractivity contribution in [2.45, 2.75) is 6.92 Å². The number of nitrogens with zero attached hydrogens (tertiary/aromatic N) is 2. The van der Waals surface area contributed by atoms with Gasteiger partial charge in [0.1, 0.15) is 19.0 Å². The molecule has 1 aliphatic heterocycles. The Morgan fingerprint density at radius 1 is 1.24 bits per heavy atom. The molecule has 0 fully saturated rings. The van der Waals surface area contributed by atoms with Gasteiger partial charge in [0.05, 0.1) is 13.7 Å². The van der Waals surface area contributed by atoms with Crippen LogP contribution < -0.4 is 14.8 Å². The van der Waals surface area contributed by atoms with E-state index in [0.717, 1.165) is 36.6 Å². The lowest BCUT2D eigenvalue weighted by Gasteiger charge is -2.20. The summed E-state index contributed by atoms with van der Waals surface area (Å²) in [6, 6.07) is 3.87. The fourth-order valence-corrected chi connectivity index (χ4v) is 3.16. The number of aryl methyl sites for hydroxylation is 1. The third kappa shape index (κ3) is 2.80. The molecule has 21 heavy (non-hydrogen) atoms. The average molecular weight is 462 g/mol. The summed E-state index contributed by atoms with van der Waals surface area (Å²) in [4.78, 5) is 9.13. The average Bonchev–Trinajstić information content (AvgIpc) is 2.50. The SMILES string of the molecule is CNc1nc(-c2cc(Br)c3c(c2)OCCO3)nc(C)c1I. The second-order valence-corrected chi connectivity index (χ2v) is 6.46. The van der Waals surface area contributed by atoms with Crippen molar-refractivity contribution in [3.8, 4) is 22.9 Å². The minimum Gasteiger partial charge on any atom is -0.486 e. The van der Waals surface area contributed by atoms with Gasteiger partial charge in [-0.2, -0.15) is 0 Å². The Morgan fingerprint density at radius 2 is 2.00 bits per heavy atom. The van der Waals surface area contributed by atoms with E-state index in [9.17, 15) is 0 Å². The number of hydrogen-bond acceptors (Lipinski definition) is 5. The molecule has 0 spiro atoms. The monoisotopic (exact) mass is 461 g/mol. The van der Waals surface area contributed by atoms with E-state index in [-0.39, 0.29) is 0 Å². The number of anilines is 1. The molecule has 110 valence electrons. The van der Waals surface area contributed by atoms with Crippen LogP contribution in [0.4, 0.5) is 5.82 Å². The van der Waals surface area contributed by atoms with Crippen molar-refractivity contribution in [3.63, 3.8) is 0 Å². The van der Waals surface area contributed by atoms with E-state index in [0.29, 0.717) is 19.0 Å². The van der Waals surface area contributed by atoms with E-state index in [1.165, 1.54) is 0 Å². The molecule has 5 nitrogen and oxygen atoms in total. The summed E-state index contributed by atoms with van der Waals surface area (Å²) in [5.74, 6) is 2.94. The molecule has 2 heterocycles. The lowest BCUT2D eigenvalue weighted by atomic mass is 10.1. The third-order valence-electron chi connectivity index (χ3n) is 3.11. The number of benzene rings is 1. The molecule has 2 aromatic rings. The van der Waals surface area contributed by atoms with Crippen molar-refractivity contribution < 1.29 is 9.47 Å². The molecule has 3 rings (SSSR count). The lowest BCUT2D eigenvalue weighted by molar-refractivity contribution is 0.170. The van der Waals surface area contributed by atoms with Crippen molar-refractivity contribution in [1.29, 1.82) is 0 Å². The number of nitrogens with one attached hydrogen (secondary N) is 1. The van der Waals surface area contributed by atoms with Gasteiger partial charge in [-0.3, -0.25) is 0 Å². The van der Waals surface area contributed by atoms with Crippen LogP contribution in [0.1, 0.15) is 5.69 Å². The summed E-state index contributed by atoms with van der Waals surface area (Å²) < 4.78 is 13.1. The Labute approximate surface area is 144 Å². The Balaban J connectivity index is 2.13. The van der Waals surface area contributed by atoms with Gasteiger partial charge in [0, 0.05) is 12.6 Å². The summed E-state index contributed by atoms with van der Waals surface area (Å²) >= 11 is 5.76. The highest BCUT2D eigenvalue weighted by atomic mass is 127. The van der Waals surface area contributed by atoms with E-state index in [4.69, 9.17) is 9.47 Å². The first-order chi connectivity index (χ1) is 10.1. The second-order valence-electron chi connectivity index (χ2n) is 4.53. The predicted octanol–water partition coefficient (Wildman–Crippen LogP) is 3.63. The van der Waals surface area contributed by atoms with Gasteiger partial charge in [0.25, 0.3) is 0 Å². The first-order valence-electron chi connectivity index (χ1n) is 6.41. The quantitative estimate of drug-likeness (QED) is 0.692. The molecule has 1 N–H and O–H groups in total. The van der Waals surface area contributed by atoms with Gasteiger partial charge in [0.15, 0.2) is 17.3 Å². The highest BCUT2D eigenvalue weighted by Gasteiger charge is 2.19. The van der Waals surface area contributed by atoms with Crippen LogP contribution in [0.25, 0.3) is 11.4 Å². The maximum atomic E-state index is 5.65. The zero-order chi connectivity index (χ0) is 15.0. The number of hydrogen-bond donors (Lipinski definition) is 1. The molecule has 0 atom stereocenters. The predicted molar refractivity (Wildman–Crippen MR) is 93.2 cm³/mol. The van der Waals surface area contributed by atoms with Gasteiger partial charge >= 0.3 is 0 Å². The highest BCUT2D eigenvalue weighted by molar-refractivity contribution is 14.1. The Morgan fingerprint density at radius 3 is 2.76 bits per heavy atom. The van der Waals surface area contributed by atoms with Crippen molar-refractivity contribution in [1.82, 2.24) is 9.97 Å². The van der Waals surface area contributed by atoms with Crippen LogP contribution in [0.15, 0.2) is 16.6 Å². The first kappa shape index (κ1) is 14.8. The van der Waals surface area contributed by atoms with Crippen LogP contribution in [0.3, 0.4) is 0 Å². The van der Waals surface area contributed by atoms with Crippen molar-refractivity contribution in [2.75, 3.05) is 25.6 Å².